The van der Waals surface area contributed by atoms with Crippen molar-refractivity contribution in [1.29, 1.82) is 5.26 Å². The molecule has 0 aliphatic carbocycles. The molecule has 0 amide bonds. The van der Waals surface area contributed by atoms with Gasteiger partial charge in [-0.3, -0.25) is 4.79 Å². The second-order valence-corrected chi connectivity index (χ2v) is 3.39. The third-order valence-corrected chi connectivity index (χ3v) is 2.19. The minimum Gasteiger partial charge on any atom is -0.508 e. The molecule has 4 nitrogen and oxygen atoms in total. The Morgan fingerprint density at radius 3 is 2.81 bits per heavy atom. The number of aromatic hydroxyl groups is 1. The van der Waals surface area contributed by atoms with Crippen molar-refractivity contribution in [3.63, 3.8) is 0 Å². The molecule has 0 aliphatic heterocycles. The number of rotatable bonds is 3. The summed E-state index contributed by atoms with van der Waals surface area (Å²) in [5.41, 5.74) is 1.56. The van der Waals surface area contributed by atoms with Gasteiger partial charge in [0.05, 0.1) is 24.7 Å². The standard InChI is InChI=1S/C12H13NO3/c1-3-16-12(15)6-9-5-10(7-13)8(2)4-11(9)14/h4-5,14H,3,6H2,1-2H3. The smallest absolute Gasteiger partial charge is 0.310 e. The molecule has 1 aromatic carbocycles. The third-order valence-electron chi connectivity index (χ3n) is 2.19. The summed E-state index contributed by atoms with van der Waals surface area (Å²) in [5.74, 6) is -0.393. The van der Waals surface area contributed by atoms with Crippen LogP contribution in [0.3, 0.4) is 0 Å². The van der Waals surface area contributed by atoms with Crippen molar-refractivity contribution >= 4 is 5.97 Å². The first-order valence-electron chi connectivity index (χ1n) is 4.96. The summed E-state index contributed by atoms with van der Waals surface area (Å²) in [4.78, 5) is 11.2. The van der Waals surface area contributed by atoms with Gasteiger partial charge in [-0.05, 0) is 31.5 Å². The highest BCUT2D eigenvalue weighted by molar-refractivity contribution is 5.74. The van der Waals surface area contributed by atoms with E-state index < -0.39 is 5.97 Å². The van der Waals surface area contributed by atoms with Gasteiger partial charge in [-0.2, -0.15) is 5.26 Å². The number of ether oxygens (including phenoxy) is 1. The average molecular weight is 219 g/mol. The third kappa shape index (κ3) is 2.74. The van der Waals surface area contributed by atoms with E-state index in [-0.39, 0.29) is 12.2 Å². The largest absolute Gasteiger partial charge is 0.508 e. The Kier molecular flexibility index (Phi) is 3.90. The highest BCUT2D eigenvalue weighted by Crippen LogP contribution is 2.22. The van der Waals surface area contributed by atoms with Crippen molar-refractivity contribution < 1.29 is 14.6 Å². The average Bonchev–Trinajstić information content (AvgIpc) is 2.22. The van der Waals surface area contributed by atoms with E-state index in [4.69, 9.17) is 10.00 Å². The minimum absolute atomic E-state index is 0.0181. The second-order valence-electron chi connectivity index (χ2n) is 3.39. The molecule has 16 heavy (non-hydrogen) atoms. The van der Waals surface area contributed by atoms with Crippen LogP contribution in [0.1, 0.15) is 23.6 Å². The number of hydrogen-bond acceptors (Lipinski definition) is 4. The predicted octanol–water partition coefficient (Wildman–Crippen LogP) is 1.68. The topological polar surface area (TPSA) is 70.3 Å². The van der Waals surface area contributed by atoms with Gasteiger partial charge in [0.1, 0.15) is 5.75 Å². The van der Waals surface area contributed by atoms with E-state index in [0.717, 1.165) is 0 Å². The number of benzene rings is 1. The van der Waals surface area contributed by atoms with Crippen LogP contribution in [0.25, 0.3) is 0 Å². The molecule has 0 bridgehead atoms. The molecule has 0 saturated carbocycles. The number of nitrogens with zero attached hydrogens (tertiary/aromatic N) is 1. The first-order valence-corrected chi connectivity index (χ1v) is 4.96. The molecule has 84 valence electrons. The van der Waals surface area contributed by atoms with Gasteiger partial charge in [0.2, 0.25) is 0 Å². The lowest BCUT2D eigenvalue weighted by molar-refractivity contribution is -0.142. The molecule has 4 heteroatoms. The molecular formula is C12H13NO3. The van der Waals surface area contributed by atoms with Crippen LogP contribution in [0.5, 0.6) is 5.75 Å². The molecule has 1 rings (SSSR count). The Balaban J connectivity index is 2.97. The number of carbonyl (C=O) groups is 1. The van der Waals surface area contributed by atoms with Crippen LogP contribution >= 0.6 is 0 Å². The molecule has 0 spiro atoms. The number of phenols is 1. The lowest BCUT2D eigenvalue weighted by Crippen LogP contribution is -2.08. The van der Waals surface area contributed by atoms with Gasteiger partial charge in [-0.25, -0.2) is 0 Å². The summed E-state index contributed by atoms with van der Waals surface area (Å²) < 4.78 is 4.77. The summed E-state index contributed by atoms with van der Waals surface area (Å²) in [7, 11) is 0. The summed E-state index contributed by atoms with van der Waals surface area (Å²) in [6.07, 6.45) is -0.0192. The van der Waals surface area contributed by atoms with Crippen LogP contribution in [-0.4, -0.2) is 17.7 Å². The second kappa shape index (κ2) is 5.17. The molecule has 0 aliphatic rings. The van der Waals surface area contributed by atoms with Crippen LogP contribution in [-0.2, 0) is 16.0 Å². The number of nitriles is 1. The number of aryl methyl sites for hydroxylation is 1. The Bertz CT molecular complexity index is 446. The van der Waals surface area contributed by atoms with Gasteiger partial charge >= 0.3 is 5.97 Å². The van der Waals surface area contributed by atoms with Gasteiger partial charge in [-0.1, -0.05) is 0 Å². The highest BCUT2D eigenvalue weighted by Gasteiger charge is 2.11. The van der Waals surface area contributed by atoms with E-state index in [9.17, 15) is 9.90 Å². The van der Waals surface area contributed by atoms with E-state index in [1.54, 1.807) is 13.8 Å². The fourth-order valence-electron chi connectivity index (χ4n) is 1.37. The number of esters is 1. The van der Waals surface area contributed by atoms with Crippen LogP contribution in [0, 0.1) is 18.3 Å². The number of hydrogen-bond donors (Lipinski definition) is 1. The minimum atomic E-state index is -0.412. The van der Waals surface area contributed by atoms with Crippen molar-refractivity contribution in [2.24, 2.45) is 0 Å². The predicted molar refractivity (Wildman–Crippen MR) is 57.9 cm³/mol. The molecule has 0 atom stereocenters. The summed E-state index contributed by atoms with van der Waals surface area (Å²) in [6.45, 7) is 3.75. The first kappa shape index (κ1) is 12.1. The molecule has 1 N–H and O–H groups in total. The van der Waals surface area contributed by atoms with Gasteiger partial charge in [-0.15, -0.1) is 0 Å². The maximum absolute atomic E-state index is 11.2. The Labute approximate surface area is 94.1 Å². The lowest BCUT2D eigenvalue weighted by atomic mass is 10.0. The van der Waals surface area contributed by atoms with Gasteiger partial charge in [0.25, 0.3) is 0 Å². The summed E-state index contributed by atoms with van der Waals surface area (Å²) in [6, 6.07) is 5.00. The normalized spacial score (nSPS) is 9.56. The fourth-order valence-corrected chi connectivity index (χ4v) is 1.37. The zero-order valence-electron chi connectivity index (χ0n) is 9.28. The molecule has 0 radical (unpaired) electrons. The van der Waals surface area contributed by atoms with Gasteiger partial charge < -0.3 is 9.84 Å². The van der Waals surface area contributed by atoms with Crippen LogP contribution < -0.4 is 0 Å². The Morgan fingerprint density at radius 2 is 2.25 bits per heavy atom. The maximum atomic E-state index is 11.2. The lowest BCUT2D eigenvalue weighted by Gasteiger charge is -2.06. The monoisotopic (exact) mass is 219 g/mol. The van der Waals surface area contributed by atoms with Crippen molar-refractivity contribution in [2.45, 2.75) is 20.3 Å². The Morgan fingerprint density at radius 1 is 1.56 bits per heavy atom. The molecule has 0 fully saturated rings. The molecule has 0 aromatic heterocycles. The van der Waals surface area contributed by atoms with E-state index >= 15 is 0 Å². The van der Waals surface area contributed by atoms with E-state index in [0.29, 0.717) is 23.3 Å². The molecular weight excluding hydrogens is 206 g/mol. The SMILES string of the molecule is CCOC(=O)Cc1cc(C#N)c(C)cc1O. The van der Waals surface area contributed by atoms with Crippen molar-refractivity contribution in [1.82, 2.24) is 0 Å². The molecule has 0 heterocycles. The maximum Gasteiger partial charge on any atom is 0.310 e. The highest BCUT2D eigenvalue weighted by atomic mass is 16.5. The molecule has 0 saturated heterocycles. The van der Waals surface area contributed by atoms with Crippen molar-refractivity contribution in [3.05, 3.63) is 28.8 Å². The van der Waals surface area contributed by atoms with Crippen molar-refractivity contribution in [2.75, 3.05) is 6.61 Å². The van der Waals surface area contributed by atoms with Crippen molar-refractivity contribution in [3.8, 4) is 11.8 Å². The molecule has 1 aromatic rings. The van der Waals surface area contributed by atoms with Crippen LogP contribution in [0.15, 0.2) is 12.1 Å². The fraction of sp³-hybridized carbons (Fsp3) is 0.333. The van der Waals surface area contributed by atoms with E-state index in [2.05, 4.69) is 0 Å². The zero-order chi connectivity index (χ0) is 12.1. The van der Waals surface area contributed by atoms with Crippen LogP contribution in [0.4, 0.5) is 0 Å². The van der Waals surface area contributed by atoms with E-state index in [1.165, 1.54) is 12.1 Å². The first-order chi connectivity index (χ1) is 7.58. The van der Waals surface area contributed by atoms with Crippen LogP contribution in [0.2, 0.25) is 0 Å². The zero-order valence-corrected chi connectivity index (χ0v) is 9.28. The Hall–Kier alpha value is -2.02. The van der Waals surface area contributed by atoms with Gasteiger partial charge in [0, 0.05) is 5.56 Å². The summed E-state index contributed by atoms with van der Waals surface area (Å²) in [5, 5.41) is 18.4. The van der Waals surface area contributed by atoms with Gasteiger partial charge in [0.15, 0.2) is 0 Å². The number of phenolic OH excluding ortho intramolecular Hbond substituents is 1. The van der Waals surface area contributed by atoms with E-state index in [1.807, 2.05) is 6.07 Å². The summed E-state index contributed by atoms with van der Waals surface area (Å²) >= 11 is 0. The molecule has 0 unspecified atom stereocenters. The quantitative estimate of drug-likeness (QED) is 0.785. The number of carbonyl (C=O) groups excluding carboxylic acids is 1.